The van der Waals surface area contributed by atoms with Crippen LogP contribution in [0.2, 0.25) is 0 Å². The highest BCUT2D eigenvalue weighted by Gasteiger charge is 2.20. The molecule has 0 saturated carbocycles. The van der Waals surface area contributed by atoms with E-state index in [1.54, 1.807) is 4.90 Å². The second kappa shape index (κ2) is 6.83. The Morgan fingerprint density at radius 2 is 1.80 bits per heavy atom. The Balaban J connectivity index is 4.21. The van der Waals surface area contributed by atoms with E-state index in [0.717, 1.165) is 13.0 Å². The summed E-state index contributed by atoms with van der Waals surface area (Å²) in [4.78, 5) is 13.6. The Kier molecular flexibility index (Phi) is 6.57. The molecular weight excluding hydrogens is 188 g/mol. The minimum absolute atomic E-state index is 0.0812. The van der Waals surface area contributed by atoms with Gasteiger partial charge < -0.3 is 10.2 Å². The van der Waals surface area contributed by atoms with Crippen LogP contribution in [0.5, 0.6) is 0 Å². The van der Waals surface area contributed by atoms with Crippen LogP contribution in [0.25, 0.3) is 0 Å². The summed E-state index contributed by atoms with van der Waals surface area (Å²) in [5.41, 5.74) is 0. The van der Waals surface area contributed by atoms with Crippen LogP contribution in [0.3, 0.4) is 0 Å². The van der Waals surface area contributed by atoms with E-state index in [0.29, 0.717) is 12.0 Å². The van der Waals surface area contributed by atoms with Crippen LogP contribution < -0.4 is 5.32 Å². The van der Waals surface area contributed by atoms with Crippen LogP contribution >= 0.6 is 0 Å². The molecule has 0 aliphatic rings. The third-order valence-electron chi connectivity index (χ3n) is 2.93. The van der Waals surface area contributed by atoms with Crippen LogP contribution in [-0.2, 0) is 4.79 Å². The number of carbonyl (C=O) groups is 1. The van der Waals surface area contributed by atoms with Crippen molar-refractivity contribution >= 4 is 5.91 Å². The Bertz CT molecular complexity index is 192. The zero-order valence-electron chi connectivity index (χ0n) is 11.0. The molecule has 2 atom stereocenters. The van der Waals surface area contributed by atoms with Crippen molar-refractivity contribution < 1.29 is 4.79 Å². The van der Waals surface area contributed by atoms with Gasteiger partial charge in [0.2, 0.25) is 5.91 Å². The second-order valence-electron chi connectivity index (χ2n) is 4.50. The zero-order chi connectivity index (χ0) is 12.0. The van der Waals surface area contributed by atoms with E-state index < -0.39 is 0 Å². The predicted molar refractivity (Wildman–Crippen MR) is 64.8 cm³/mol. The Morgan fingerprint density at radius 3 is 2.13 bits per heavy atom. The minimum atomic E-state index is -0.0812. The van der Waals surface area contributed by atoms with Gasteiger partial charge in [0.15, 0.2) is 0 Å². The van der Waals surface area contributed by atoms with Crippen molar-refractivity contribution in [2.45, 2.75) is 53.1 Å². The van der Waals surface area contributed by atoms with Gasteiger partial charge in [-0.1, -0.05) is 20.8 Å². The lowest BCUT2D eigenvalue weighted by molar-refractivity contribution is -0.131. The molecule has 0 saturated heterocycles. The van der Waals surface area contributed by atoms with Crippen LogP contribution in [0.1, 0.15) is 41.0 Å². The summed E-state index contributed by atoms with van der Waals surface area (Å²) in [6, 6.07) is 0.344. The summed E-state index contributed by atoms with van der Waals surface area (Å²) in [5.74, 6) is 0.744. The smallest absolute Gasteiger partial charge is 0.239 e. The molecule has 0 bridgehead atoms. The molecule has 0 aliphatic carbocycles. The van der Waals surface area contributed by atoms with Gasteiger partial charge in [-0.15, -0.1) is 0 Å². The van der Waals surface area contributed by atoms with Gasteiger partial charge >= 0.3 is 0 Å². The first kappa shape index (κ1) is 14.4. The molecule has 0 fully saturated rings. The highest BCUT2D eigenvalue weighted by atomic mass is 16.2. The number of nitrogens with zero attached hydrogens (tertiary/aromatic N) is 1. The fraction of sp³-hybridized carbons (Fsp3) is 0.917. The van der Waals surface area contributed by atoms with Crippen molar-refractivity contribution in [2.24, 2.45) is 5.92 Å². The average Bonchev–Trinajstić information content (AvgIpc) is 2.22. The van der Waals surface area contributed by atoms with Crippen molar-refractivity contribution in [1.29, 1.82) is 0 Å². The first-order valence-electron chi connectivity index (χ1n) is 5.95. The number of hydrogen-bond acceptors (Lipinski definition) is 2. The molecular formula is C12H26N2O. The third kappa shape index (κ3) is 4.65. The SMILES string of the molecule is CCC(NC(C)C(=O)N(C)CC)C(C)C. The lowest BCUT2D eigenvalue weighted by Crippen LogP contribution is -2.48. The molecule has 0 radical (unpaired) electrons. The number of likely N-dealkylation sites (N-methyl/N-ethyl adjacent to an activating group) is 1. The summed E-state index contributed by atoms with van der Waals surface area (Å²) >= 11 is 0. The number of amides is 1. The molecule has 90 valence electrons. The van der Waals surface area contributed by atoms with Crippen molar-refractivity contribution in [1.82, 2.24) is 10.2 Å². The predicted octanol–water partition coefficient (Wildman–Crippen LogP) is 1.88. The van der Waals surface area contributed by atoms with Crippen molar-refractivity contribution in [2.75, 3.05) is 13.6 Å². The van der Waals surface area contributed by atoms with Gasteiger partial charge in [0.1, 0.15) is 0 Å². The Morgan fingerprint density at radius 1 is 1.27 bits per heavy atom. The topological polar surface area (TPSA) is 32.3 Å². The minimum Gasteiger partial charge on any atom is -0.345 e. The van der Waals surface area contributed by atoms with Gasteiger partial charge in [-0.05, 0) is 26.2 Å². The zero-order valence-corrected chi connectivity index (χ0v) is 11.0. The molecule has 15 heavy (non-hydrogen) atoms. The fourth-order valence-corrected chi connectivity index (χ4v) is 1.66. The van der Waals surface area contributed by atoms with Crippen molar-refractivity contribution in [3.05, 3.63) is 0 Å². The van der Waals surface area contributed by atoms with E-state index >= 15 is 0 Å². The van der Waals surface area contributed by atoms with Gasteiger partial charge in [0.05, 0.1) is 6.04 Å². The molecule has 2 unspecified atom stereocenters. The first-order chi connectivity index (χ1) is 6.93. The highest BCUT2D eigenvalue weighted by molar-refractivity contribution is 5.81. The second-order valence-corrected chi connectivity index (χ2v) is 4.50. The summed E-state index contributed by atoms with van der Waals surface area (Å²) in [5, 5.41) is 3.39. The van der Waals surface area contributed by atoms with E-state index in [1.807, 2.05) is 20.9 Å². The van der Waals surface area contributed by atoms with Crippen LogP contribution in [-0.4, -0.2) is 36.5 Å². The van der Waals surface area contributed by atoms with Gasteiger partial charge in [-0.3, -0.25) is 4.79 Å². The van der Waals surface area contributed by atoms with Gasteiger partial charge in [-0.2, -0.15) is 0 Å². The number of rotatable bonds is 6. The summed E-state index contributed by atoms with van der Waals surface area (Å²) in [7, 11) is 1.84. The molecule has 3 nitrogen and oxygen atoms in total. The van der Waals surface area contributed by atoms with Crippen LogP contribution in [0.4, 0.5) is 0 Å². The molecule has 0 aromatic heterocycles. The van der Waals surface area contributed by atoms with Gasteiger partial charge in [0, 0.05) is 19.6 Å². The van der Waals surface area contributed by atoms with E-state index in [-0.39, 0.29) is 11.9 Å². The fourth-order valence-electron chi connectivity index (χ4n) is 1.66. The quantitative estimate of drug-likeness (QED) is 0.732. The van der Waals surface area contributed by atoms with Gasteiger partial charge in [-0.25, -0.2) is 0 Å². The van der Waals surface area contributed by atoms with Gasteiger partial charge in [0.25, 0.3) is 0 Å². The van der Waals surface area contributed by atoms with E-state index in [2.05, 4.69) is 26.1 Å². The Hall–Kier alpha value is -0.570. The summed E-state index contributed by atoms with van der Waals surface area (Å²) < 4.78 is 0. The number of carbonyl (C=O) groups excluding carboxylic acids is 1. The molecule has 0 aromatic carbocycles. The molecule has 0 spiro atoms. The molecule has 0 rings (SSSR count). The lowest BCUT2D eigenvalue weighted by atomic mass is 10.0. The monoisotopic (exact) mass is 214 g/mol. The van der Waals surface area contributed by atoms with E-state index in [1.165, 1.54) is 0 Å². The standard InChI is InChI=1S/C12H26N2O/c1-7-11(9(3)4)13-10(5)12(15)14(6)8-2/h9-11,13H,7-8H2,1-6H3. The van der Waals surface area contributed by atoms with Crippen LogP contribution in [0, 0.1) is 5.92 Å². The Labute approximate surface area is 94.2 Å². The normalized spacial score (nSPS) is 15.1. The molecule has 0 aliphatic heterocycles. The molecule has 0 heterocycles. The molecule has 1 amide bonds. The number of nitrogens with one attached hydrogen (secondary N) is 1. The third-order valence-corrected chi connectivity index (χ3v) is 2.93. The maximum Gasteiger partial charge on any atom is 0.239 e. The van der Waals surface area contributed by atoms with E-state index in [9.17, 15) is 4.79 Å². The molecule has 1 N–H and O–H groups in total. The van der Waals surface area contributed by atoms with E-state index in [4.69, 9.17) is 0 Å². The summed E-state index contributed by atoms with van der Waals surface area (Å²) in [6.45, 7) is 11.2. The van der Waals surface area contributed by atoms with Crippen molar-refractivity contribution in [3.63, 3.8) is 0 Å². The first-order valence-corrected chi connectivity index (χ1v) is 5.95. The number of hydrogen-bond donors (Lipinski definition) is 1. The summed E-state index contributed by atoms with van der Waals surface area (Å²) in [6.07, 6.45) is 1.06. The lowest BCUT2D eigenvalue weighted by Gasteiger charge is -2.27. The van der Waals surface area contributed by atoms with Crippen molar-refractivity contribution in [3.8, 4) is 0 Å². The molecule has 0 aromatic rings. The highest BCUT2D eigenvalue weighted by Crippen LogP contribution is 2.07. The maximum absolute atomic E-state index is 11.8. The molecule has 3 heteroatoms. The average molecular weight is 214 g/mol. The van der Waals surface area contributed by atoms with Crippen LogP contribution in [0.15, 0.2) is 0 Å². The largest absolute Gasteiger partial charge is 0.345 e. The maximum atomic E-state index is 11.8.